The van der Waals surface area contributed by atoms with Crippen LogP contribution >= 0.6 is 0 Å². The van der Waals surface area contributed by atoms with Crippen LogP contribution in [0, 0.1) is 13.8 Å². The molecular formula is C35H44F2N6O7S. The smallest absolute Gasteiger partial charge is 0.341 e. The summed E-state index contributed by atoms with van der Waals surface area (Å²) in [4.78, 5) is 48.0. The highest BCUT2D eigenvalue weighted by Crippen LogP contribution is 2.37. The van der Waals surface area contributed by atoms with Crippen LogP contribution in [0.2, 0.25) is 0 Å². The van der Waals surface area contributed by atoms with Crippen molar-refractivity contribution in [2.75, 3.05) is 83.9 Å². The number of fused-ring (bicyclic) bond motifs is 3. The van der Waals surface area contributed by atoms with E-state index in [-0.39, 0.29) is 42.5 Å². The topological polar surface area (TPSA) is 136 Å². The Morgan fingerprint density at radius 1 is 1.06 bits per heavy atom. The van der Waals surface area contributed by atoms with Crippen molar-refractivity contribution in [2.24, 2.45) is 0 Å². The van der Waals surface area contributed by atoms with Gasteiger partial charge in [0.15, 0.2) is 0 Å². The van der Waals surface area contributed by atoms with Crippen molar-refractivity contribution in [1.82, 2.24) is 18.8 Å². The van der Waals surface area contributed by atoms with E-state index < -0.39 is 46.5 Å². The third kappa shape index (κ3) is 7.06. The van der Waals surface area contributed by atoms with Gasteiger partial charge in [0, 0.05) is 82.6 Å². The minimum Gasteiger partial charge on any atom is -0.422 e. The SMILES string of the molecule is COC[C@H]1CN(c2cc(C)c3c4c(c(=O)oc3c2C)CN(C(=O)c2ccc(C(=O)NS(=O)(=O)N(C)C)c(N3CCC(F)(F)C3)c2)CC4)CCN1C. The van der Waals surface area contributed by atoms with Gasteiger partial charge in [-0.1, -0.05) is 0 Å². The number of carbonyl (C=O) groups excluding carboxylic acids is 2. The first-order valence-electron chi connectivity index (χ1n) is 16.8. The van der Waals surface area contributed by atoms with Crippen molar-refractivity contribution >= 4 is 44.4 Å². The maximum Gasteiger partial charge on any atom is 0.341 e. The predicted molar refractivity (Wildman–Crippen MR) is 189 cm³/mol. The summed E-state index contributed by atoms with van der Waals surface area (Å²) >= 11 is 0. The fourth-order valence-electron chi connectivity index (χ4n) is 7.30. The molecule has 1 atom stereocenters. The van der Waals surface area contributed by atoms with E-state index in [1.54, 1.807) is 7.11 Å². The summed E-state index contributed by atoms with van der Waals surface area (Å²) < 4.78 is 67.5. The predicted octanol–water partition coefficient (Wildman–Crippen LogP) is 2.76. The highest BCUT2D eigenvalue weighted by Gasteiger charge is 2.40. The summed E-state index contributed by atoms with van der Waals surface area (Å²) in [5.74, 6) is -4.50. The lowest BCUT2D eigenvalue weighted by Gasteiger charge is -2.41. The van der Waals surface area contributed by atoms with Gasteiger partial charge in [-0.2, -0.15) is 12.7 Å². The number of halogens is 2. The van der Waals surface area contributed by atoms with Gasteiger partial charge in [-0.15, -0.1) is 0 Å². The summed E-state index contributed by atoms with van der Waals surface area (Å²) in [5.41, 5.74) is 4.02. The molecule has 0 aliphatic carbocycles. The molecule has 16 heteroatoms. The van der Waals surface area contributed by atoms with Gasteiger partial charge < -0.3 is 23.9 Å². The standard InChI is InChI=1S/C35H44F2N6O7S/c1-21-15-28(41-14-13-40(5)24(17-41)19-49-6)22(2)31-30(21)25-9-11-42(18-27(25)34(46)50-31)33(45)23-7-8-26(32(44)38-51(47,48)39(3)4)29(16-23)43-12-10-35(36,37)20-43/h7-8,15-16,24H,9-14,17-20H2,1-6H3,(H,38,44)/t24-/m1/s1. The highest BCUT2D eigenvalue weighted by molar-refractivity contribution is 7.87. The van der Waals surface area contributed by atoms with Gasteiger partial charge >= 0.3 is 15.8 Å². The molecule has 1 N–H and O–H groups in total. The Balaban J connectivity index is 1.30. The van der Waals surface area contributed by atoms with Gasteiger partial charge in [-0.05, 0) is 62.7 Å². The summed E-state index contributed by atoms with van der Waals surface area (Å²) in [6.07, 6.45) is -0.0692. The molecule has 2 aromatic carbocycles. The number of nitrogens with zero attached hydrogens (tertiary/aromatic N) is 5. The second kappa shape index (κ2) is 13.8. The minimum absolute atomic E-state index is 0.0168. The molecule has 4 heterocycles. The van der Waals surface area contributed by atoms with Crippen LogP contribution < -0.4 is 20.1 Å². The zero-order valence-electron chi connectivity index (χ0n) is 29.7. The minimum atomic E-state index is -4.18. The molecule has 0 bridgehead atoms. The number of ether oxygens (including phenoxy) is 1. The number of amides is 2. The average Bonchev–Trinajstić information content (AvgIpc) is 3.45. The van der Waals surface area contributed by atoms with Crippen molar-refractivity contribution in [1.29, 1.82) is 0 Å². The third-order valence-corrected chi connectivity index (χ3v) is 11.7. The van der Waals surface area contributed by atoms with Crippen LogP contribution in [0.4, 0.5) is 20.2 Å². The Bertz CT molecular complexity index is 2050. The number of carbonyl (C=O) groups is 2. The Labute approximate surface area is 295 Å². The second-order valence-electron chi connectivity index (χ2n) is 13.9. The molecule has 2 amide bonds. The van der Waals surface area contributed by atoms with Crippen molar-refractivity contribution < 1.29 is 35.9 Å². The third-order valence-electron chi connectivity index (χ3n) is 10.3. The fraction of sp³-hybridized carbons (Fsp3) is 0.514. The molecule has 0 radical (unpaired) electrons. The number of hydrogen-bond donors (Lipinski definition) is 1. The second-order valence-corrected chi connectivity index (χ2v) is 15.8. The number of rotatable bonds is 8. The molecule has 276 valence electrons. The largest absolute Gasteiger partial charge is 0.422 e. The van der Waals surface area contributed by atoms with Crippen molar-refractivity contribution in [3.8, 4) is 0 Å². The van der Waals surface area contributed by atoms with Gasteiger partial charge in [0.05, 0.1) is 42.6 Å². The molecule has 0 saturated carbocycles. The molecular weight excluding hydrogens is 686 g/mol. The van der Waals surface area contributed by atoms with Crippen LogP contribution in [-0.2, 0) is 27.9 Å². The number of aryl methyl sites for hydroxylation is 2. The van der Waals surface area contributed by atoms with Crippen LogP contribution in [0.1, 0.15) is 49.4 Å². The molecule has 51 heavy (non-hydrogen) atoms. The van der Waals surface area contributed by atoms with Gasteiger partial charge in [0.25, 0.3) is 17.7 Å². The number of alkyl halides is 2. The monoisotopic (exact) mass is 730 g/mol. The zero-order chi connectivity index (χ0) is 37.0. The maximum absolute atomic E-state index is 14.3. The molecule has 0 spiro atoms. The molecule has 3 aliphatic heterocycles. The van der Waals surface area contributed by atoms with Gasteiger partial charge in [-0.25, -0.2) is 18.3 Å². The molecule has 3 aromatic rings. The fourth-order valence-corrected chi connectivity index (χ4v) is 7.82. The Kier molecular flexibility index (Phi) is 9.91. The van der Waals surface area contributed by atoms with Crippen LogP contribution in [0.5, 0.6) is 0 Å². The number of nitrogens with one attached hydrogen (secondary N) is 1. The summed E-state index contributed by atoms with van der Waals surface area (Å²) in [6, 6.07) is 6.32. The Hall–Kier alpha value is -4.12. The van der Waals surface area contributed by atoms with E-state index in [4.69, 9.17) is 9.15 Å². The van der Waals surface area contributed by atoms with E-state index in [1.807, 2.05) is 18.6 Å². The number of piperazine rings is 1. The quantitative estimate of drug-likeness (QED) is 0.345. The molecule has 6 rings (SSSR count). The lowest BCUT2D eigenvalue weighted by atomic mass is 9.92. The number of methoxy groups -OCH3 is 1. The van der Waals surface area contributed by atoms with E-state index in [0.717, 1.165) is 51.7 Å². The molecule has 0 unspecified atom stereocenters. The van der Waals surface area contributed by atoms with Crippen LogP contribution in [0.15, 0.2) is 33.5 Å². The van der Waals surface area contributed by atoms with Gasteiger partial charge in [0.2, 0.25) is 0 Å². The summed E-state index contributed by atoms with van der Waals surface area (Å²) in [6.45, 7) is 6.47. The Morgan fingerprint density at radius 3 is 2.47 bits per heavy atom. The highest BCUT2D eigenvalue weighted by atomic mass is 32.2. The van der Waals surface area contributed by atoms with Crippen molar-refractivity contribution in [3.05, 3.63) is 68.1 Å². The molecule has 13 nitrogen and oxygen atoms in total. The molecule has 2 saturated heterocycles. The van der Waals surface area contributed by atoms with E-state index in [9.17, 15) is 31.6 Å². The van der Waals surface area contributed by atoms with Crippen LogP contribution in [0.3, 0.4) is 0 Å². The van der Waals surface area contributed by atoms with Crippen molar-refractivity contribution in [3.63, 3.8) is 0 Å². The number of hydrogen-bond acceptors (Lipinski definition) is 10. The van der Waals surface area contributed by atoms with Crippen molar-refractivity contribution in [2.45, 2.75) is 45.2 Å². The number of likely N-dealkylation sites (N-methyl/N-ethyl adjacent to an activating group) is 1. The van der Waals surface area contributed by atoms with E-state index in [0.29, 0.717) is 24.2 Å². The Morgan fingerprint density at radius 2 is 1.80 bits per heavy atom. The lowest BCUT2D eigenvalue weighted by Crippen LogP contribution is -2.53. The number of anilines is 2. The van der Waals surface area contributed by atoms with Gasteiger partial charge in [-0.3, -0.25) is 14.5 Å². The number of benzene rings is 2. The van der Waals surface area contributed by atoms with Crippen LogP contribution in [0.25, 0.3) is 11.0 Å². The lowest BCUT2D eigenvalue weighted by molar-refractivity contribution is 0.0256. The normalized spacial score (nSPS) is 19.5. The molecule has 2 fully saturated rings. The first kappa shape index (κ1) is 36.7. The summed E-state index contributed by atoms with van der Waals surface area (Å²) in [7, 11) is 2.09. The van der Waals surface area contributed by atoms with Crippen LogP contribution in [-0.4, -0.2) is 120 Å². The first-order valence-corrected chi connectivity index (χ1v) is 18.3. The first-order chi connectivity index (χ1) is 24.0. The van der Waals surface area contributed by atoms with Gasteiger partial charge in [0.1, 0.15) is 5.58 Å². The van der Waals surface area contributed by atoms with E-state index in [2.05, 4.69) is 22.9 Å². The average molecular weight is 731 g/mol. The molecule has 3 aliphatic rings. The maximum atomic E-state index is 14.3. The zero-order valence-corrected chi connectivity index (χ0v) is 30.5. The van der Waals surface area contributed by atoms with E-state index >= 15 is 0 Å². The summed E-state index contributed by atoms with van der Waals surface area (Å²) in [5, 5.41) is 0.862. The van der Waals surface area contributed by atoms with E-state index in [1.165, 1.54) is 42.1 Å². The molecule has 1 aromatic heterocycles.